The molecule has 0 fully saturated rings. The molecule has 0 aromatic carbocycles. The van der Waals surface area contributed by atoms with E-state index in [0.29, 0.717) is 0 Å². The first-order valence-electron chi connectivity index (χ1n) is 3.34. The first-order chi connectivity index (χ1) is 4.22. The Morgan fingerprint density at radius 3 is 2.44 bits per heavy atom. The molecule has 0 rings (SSSR count). The highest BCUT2D eigenvalue weighted by atomic mass is 14.7. The van der Waals surface area contributed by atoms with Crippen LogP contribution >= 0.6 is 0 Å². The van der Waals surface area contributed by atoms with Crippen molar-refractivity contribution >= 4 is 5.71 Å². The van der Waals surface area contributed by atoms with Crippen LogP contribution in [0.25, 0.3) is 0 Å². The fourth-order valence-electron chi connectivity index (χ4n) is 0.641. The molecule has 0 unspecified atom stereocenters. The summed E-state index contributed by atoms with van der Waals surface area (Å²) in [5, 5.41) is 0. The maximum Gasteiger partial charge on any atom is 0.0339 e. The van der Waals surface area contributed by atoms with Crippen molar-refractivity contribution < 1.29 is 0 Å². The van der Waals surface area contributed by atoms with Crippen LogP contribution in [0.1, 0.15) is 26.7 Å². The molecule has 0 aliphatic heterocycles. The van der Waals surface area contributed by atoms with Crippen molar-refractivity contribution in [3.8, 4) is 0 Å². The highest BCUT2D eigenvalue weighted by molar-refractivity contribution is 5.97. The van der Waals surface area contributed by atoms with Crippen molar-refractivity contribution in [2.24, 2.45) is 4.99 Å². The van der Waals surface area contributed by atoms with Crippen molar-refractivity contribution in [3.05, 3.63) is 12.2 Å². The van der Waals surface area contributed by atoms with Gasteiger partial charge in [-0.1, -0.05) is 19.9 Å². The monoisotopic (exact) mass is 125 g/mol. The number of hydrogen-bond donors (Lipinski definition) is 0. The van der Waals surface area contributed by atoms with Crippen LogP contribution in [-0.4, -0.2) is 12.8 Å². The van der Waals surface area contributed by atoms with Crippen LogP contribution in [0.5, 0.6) is 0 Å². The molecule has 0 spiro atoms. The smallest absolute Gasteiger partial charge is 0.0339 e. The zero-order valence-electron chi connectivity index (χ0n) is 6.57. The normalized spacial score (nSPS) is 11.7. The van der Waals surface area contributed by atoms with E-state index in [-0.39, 0.29) is 0 Å². The molecular formula is C8H15N. The minimum Gasteiger partial charge on any atom is -0.293 e. The van der Waals surface area contributed by atoms with Gasteiger partial charge in [0.25, 0.3) is 0 Å². The molecule has 0 heterocycles. The van der Waals surface area contributed by atoms with Gasteiger partial charge in [0.15, 0.2) is 0 Å². The van der Waals surface area contributed by atoms with Gasteiger partial charge in [0.2, 0.25) is 0 Å². The lowest BCUT2D eigenvalue weighted by atomic mass is 10.1. The van der Waals surface area contributed by atoms with Gasteiger partial charge in [-0.15, -0.1) is 0 Å². The van der Waals surface area contributed by atoms with Crippen LogP contribution in [0.15, 0.2) is 17.1 Å². The maximum atomic E-state index is 4.02. The number of aliphatic imine (C=N–C) groups is 1. The molecule has 1 heteroatoms. The molecule has 0 amide bonds. The second-order valence-corrected chi connectivity index (χ2v) is 2.16. The Morgan fingerprint density at radius 1 is 1.56 bits per heavy atom. The van der Waals surface area contributed by atoms with E-state index in [2.05, 4.69) is 18.5 Å². The minimum atomic E-state index is 1.07. The van der Waals surface area contributed by atoms with Gasteiger partial charge in [0.1, 0.15) is 0 Å². The van der Waals surface area contributed by atoms with E-state index in [4.69, 9.17) is 0 Å². The Kier molecular flexibility index (Phi) is 4.02. The van der Waals surface area contributed by atoms with E-state index in [1.165, 1.54) is 5.57 Å². The fraction of sp³-hybridized carbons (Fsp3) is 0.625. The van der Waals surface area contributed by atoms with Crippen LogP contribution < -0.4 is 0 Å². The van der Waals surface area contributed by atoms with Crippen LogP contribution in [0.2, 0.25) is 0 Å². The fourth-order valence-corrected chi connectivity index (χ4v) is 0.641. The molecule has 0 aliphatic carbocycles. The SMILES string of the molecule is C=C(CCC)C(C)=NC. The van der Waals surface area contributed by atoms with Gasteiger partial charge in [-0.05, 0) is 18.9 Å². The molecule has 0 atom stereocenters. The highest BCUT2D eigenvalue weighted by Gasteiger charge is 1.93. The van der Waals surface area contributed by atoms with Gasteiger partial charge in [-0.3, -0.25) is 4.99 Å². The number of hydrogen-bond acceptors (Lipinski definition) is 1. The van der Waals surface area contributed by atoms with Crippen LogP contribution in [-0.2, 0) is 0 Å². The second kappa shape index (κ2) is 4.30. The average molecular weight is 125 g/mol. The third-order valence-electron chi connectivity index (χ3n) is 1.40. The molecule has 0 saturated carbocycles. The molecule has 0 aliphatic rings. The molecular weight excluding hydrogens is 110 g/mol. The topological polar surface area (TPSA) is 12.4 Å². The average Bonchev–Trinajstić information content (AvgIpc) is 1.87. The molecule has 52 valence electrons. The predicted molar refractivity (Wildman–Crippen MR) is 43.1 cm³/mol. The van der Waals surface area contributed by atoms with E-state index in [1.807, 2.05) is 6.92 Å². The van der Waals surface area contributed by atoms with Crippen LogP contribution in [0, 0.1) is 0 Å². The number of rotatable bonds is 3. The largest absolute Gasteiger partial charge is 0.293 e. The van der Waals surface area contributed by atoms with E-state index in [0.717, 1.165) is 18.6 Å². The lowest BCUT2D eigenvalue weighted by Gasteiger charge is -1.99. The molecule has 1 nitrogen and oxygen atoms in total. The summed E-state index contributed by atoms with van der Waals surface area (Å²) < 4.78 is 0. The first kappa shape index (κ1) is 8.41. The Bertz CT molecular complexity index is 123. The molecule has 0 radical (unpaired) electrons. The summed E-state index contributed by atoms with van der Waals surface area (Å²) in [6.07, 6.45) is 2.23. The minimum absolute atomic E-state index is 1.07. The van der Waals surface area contributed by atoms with E-state index >= 15 is 0 Å². The third kappa shape index (κ3) is 3.07. The van der Waals surface area contributed by atoms with Crippen molar-refractivity contribution in [2.75, 3.05) is 7.05 Å². The Morgan fingerprint density at radius 2 is 2.11 bits per heavy atom. The Balaban J connectivity index is 3.74. The highest BCUT2D eigenvalue weighted by Crippen LogP contribution is 2.02. The van der Waals surface area contributed by atoms with E-state index < -0.39 is 0 Å². The molecule has 9 heavy (non-hydrogen) atoms. The molecule has 0 bridgehead atoms. The van der Waals surface area contributed by atoms with Crippen LogP contribution in [0.3, 0.4) is 0 Å². The molecule has 0 saturated heterocycles. The van der Waals surface area contributed by atoms with Gasteiger partial charge in [-0.25, -0.2) is 0 Å². The van der Waals surface area contributed by atoms with Crippen molar-refractivity contribution in [1.82, 2.24) is 0 Å². The zero-order chi connectivity index (χ0) is 7.28. The summed E-state index contributed by atoms with van der Waals surface area (Å²) in [7, 11) is 1.80. The summed E-state index contributed by atoms with van der Waals surface area (Å²) in [6, 6.07) is 0. The third-order valence-corrected chi connectivity index (χ3v) is 1.40. The maximum absolute atomic E-state index is 4.02. The second-order valence-electron chi connectivity index (χ2n) is 2.16. The summed E-state index contributed by atoms with van der Waals surface area (Å²) in [4.78, 5) is 4.02. The lowest BCUT2D eigenvalue weighted by molar-refractivity contribution is 0.937. The quantitative estimate of drug-likeness (QED) is 0.514. The van der Waals surface area contributed by atoms with E-state index in [9.17, 15) is 0 Å². The Hall–Kier alpha value is -0.590. The van der Waals surface area contributed by atoms with Gasteiger partial charge < -0.3 is 0 Å². The first-order valence-corrected chi connectivity index (χ1v) is 3.34. The molecule has 0 N–H and O–H groups in total. The van der Waals surface area contributed by atoms with Crippen molar-refractivity contribution in [1.29, 1.82) is 0 Å². The Labute approximate surface area is 57.5 Å². The number of nitrogens with zero attached hydrogens (tertiary/aromatic N) is 1. The van der Waals surface area contributed by atoms with Crippen LogP contribution in [0.4, 0.5) is 0 Å². The standard InChI is InChI=1S/C8H15N/c1-5-6-7(2)8(3)9-4/h2,5-6H2,1,3-4H3. The molecule has 0 aromatic rings. The summed E-state index contributed by atoms with van der Waals surface area (Å²) >= 11 is 0. The summed E-state index contributed by atoms with van der Waals surface area (Å²) in [5.41, 5.74) is 2.25. The lowest BCUT2D eigenvalue weighted by Crippen LogP contribution is -1.94. The van der Waals surface area contributed by atoms with Gasteiger partial charge in [0, 0.05) is 12.8 Å². The van der Waals surface area contributed by atoms with E-state index in [1.54, 1.807) is 7.05 Å². The van der Waals surface area contributed by atoms with Gasteiger partial charge in [0.05, 0.1) is 0 Å². The number of allylic oxidation sites excluding steroid dienone is 1. The summed E-state index contributed by atoms with van der Waals surface area (Å²) in [5.74, 6) is 0. The summed E-state index contributed by atoms with van der Waals surface area (Å²) in [6.45, 7) is 8.03. The van der Waals surface area contributed by atoms with Crippen molar-refractivity contribution in [3.63, 3.8) is 0 Å². The van der Waals surface area contributed by atoms with Gasteiger partial charge in [-0.2, -0.15) is 0 Å². The molecule has 0 aromatic heterocycles. The zero-order valence-corrected chi connectivity index (χ0v) is 6.57. The van der Waals surface area contributed by atoms with Crippen molar-refractivity contribution in [2.45, 2.75) is 26.7 Å². The van der Waals surface area contributed by atoms with Gasteiger partial charge >= 0.3 is 0 Å². The predicted octanol–water partition coefficient (Wildman–Crippen LogP) is 2.43.